The zero-order valence-corrected chi connectivity index (χ0v) is 22.3. The van der Waals surface area contributed by atoms with Crippen molar-refractivity contribution in [1.82, 2.24) is 20.3 Å². The average Bonchev–Trinajstić information content (AvgIpc) is 2.91. The van der Waals surface area contributed by atoms with Crippen molar-refractivity contribution in [2.24, 2.45) is 0 Å². The fourth-order valence-corrected chi connectivity index (χ4v) is 4.23. The lowest BCUT2D eigenvalue weighted by Gasteiger charge is -2.13. The number of nitrogens with zero attached hydrogens (tertiary/aromatic N) is 3. The molecule has 0 fully saturated rings. The quantitative estimate of drug-likeness (QED) is 0.140. The van der Waals surface area contributed by atoms with Crippen molar-refractivity contribution in [3.63, 3.8) is 0 Å². The van der Waals surface area contributed by atoms with Crippen LogP contribution in [0.3, 0.4) is 0 Å². The highest BCUT2D eigenvalue weighted by Crippen LogP contribution is 2.36. The molecule has 0 aliphatic carbocycles. The second kappa shape index (κ2) is 13.3. The fourth-order valence-electron chi connectivity index (χ4n) is 3.85. The molecular weight excluding hydrogens is 576 g/mol. The Labute approximate surface area is 236 Å². The van der Waals surface area contributed by atoms with Crippen molar-refractivity contribution >= 4 is 51.0 Å². The van der Waals surface area contributed by atoms with Gasteiger partial charge in [-0.2, -0.15) is 0 Å². The highest BCUT2D eigenvalue weighted by Gasteiger charge is 2.32. The normalized spacial score (nSPS) is 11.7. The molecule has 212 valence electrons. The van der Waals surface area contributed by atoms with Crippen LogP contribution in [0.1, 0.15) is 28.8 Å². The second-order valence-electron chi connectivity index (χ2n) is 8.52. The number of halogens is 5. The van der Waals surface area contributed by atoms with Gasteiger partial charge in [0.15, 0.2) is 0 Å². The Hall–Kier alpha value is -3.45. The van der Waals surface area contributed by atoms with Gasteiger partial charge in [0.2, 0.25) is 5.88 Å². The number of hydrogen-bond donors (Lipinski definition) is 2. The molecule has 0 radical (unpaired) electrons. The number of nitrogens with one attached hydrogen (secondary N) is 1. The first-order valence-electron chi connectivity index (χ1n) is 12.0. The number of pyridine rings is 1. The van der Waals surface area contributed by atoms with Crippen LogP contribution in [0.25, 0.3) is 21.8 Å². The predicted molar refractivity (Wildman–Crippen MR) is 142 cm³/mol. The summed E-state index contributed by atoms with van der Waals surface area (Å²) in [5.41, 5.74) is 1.57. The van der Waals surface area contributed by atoms with Gasteiger partial charge in [-0.3, -0.25) is 0 Å². The molecule has 0 aliphatic rings. The number of carboxylic acids is 1. The topological polar surface area (TPSA) is 116 Å². The number of carbonyl (C=O) groups is 1. The number of hydrogen-bond acceptors (Lipinski definition) is 8. The monoisotopic (exact) mass is 598 g/mol. The molecule has 0 unspecified atom stereocenters. The first kappa shape index (κ1) is 29.5. The van der Waals surface area contributed by atoms with Crippen LogP contribution in [0, 0.1) is 0 Å². The van der Waals surface area contributed by atoms with E-state index < -0.39 is 18.1 Å². The maximum Gasteiger partial charge on any atom is 0.573 e. The van der Waals surface area contributed by atoms with E-state index in [1.165, 1.54) is 30.6 Å². The van der Waals surface area contributed by atoms with Gasteiger partial charge in [-0.25, -0.2) is 19.7 Å². The summed E-state index contributed by atoms with van der Waals surface area (Å²) in [7, 11) is 0. The molecule has 2 aromatic carbocycles. The molecule has 0 spiro atoms. The Morgan fingerprint density at radius 3 is 2.65 bits per heavy atom. The molecule has 0 bridgehead atoms. The summed E-state index contributed by atoms with van der Waals surface area (Å²) in [6, 6.07) is 7.32. The van der Waals surface area contributed by atoms with Crippen molar-refractivity contribution in [1.29, 1.82) is 0 Å². The third kappa shape index (κ3) is 7.81. The highest BCUT2D eigenvalue weighted by atomic mass is 35.5. The van der Waals surface area contributed by atoms with Crippen molar-refractivity contribution in [3.8, 4) is 11.6 Å². The summed E-state index contributed by atoms with van der Waals surface area (Å²) < 4.78 is 53.0. The molecule has 14 heteroatoms. The molecule has 0 saturated heterocycles. The maximum atomic E-state index is 12.5. The molecule has 2 heterocycles. The van der Waals surface area contributed by atoms with Crippen LogP contribution >= 0.6 is 23.2 Å². The van der Waals surface area contributed by atoms with E-state index in [4.69, 9.17) is 32.7 Å². The zero-order valence-electron chi connectivity index (χ0n) is 20.8. The van der Waals surface area contributed by atoms with Crippen LogP contribution in [-0.2, 0) is 11.3 Å². The molecule has 4 aromatic rings. The Bertz CT molecular complexity index is 1510. The summed E-state index contributed by atoms with van der Waals surface area (Å²) in [6.45, 7) is 1.84. The van der Waals surface area contributed by atoms with Crippen LogP contribution in [0.5, 0.6) is 11.6 Å². The number of benzene rings is 2. The van der Waals surface area contributed by atoms with E-state index in [0.29, 0.717) is 47.1 Å². The predicted octanol–water partition coefficient (Wildman–Crippen LogP) is 6.05. The van der Waals surface area contributed by atoms with Gasteiger partial charge in [0.1, 0.15) is 29.2 Å². The van der Waals surface area contributed by atoms with E-state index in [1.54, 1.807) is 12.3 Å². The van der Waals surface area contributed by atoms with E-state index in [9.17, 15) is 23.1 Å². The van der Waals surface area contributed by atoms with Gasteiger partial charge in [-0.1, -0.05) is 29.3 Å². The number of rotatable bonds is 13. The number of unbranched alkanes of at least 4 members (excludes halogenated alkanes) is 1. The SMILES string of the molecule is O=C(O)c1ccc2c(c1)nc(OCCOCCCCNCc1cc(Cl)c(Cl)c(OC(F)(F)F)c1)c1ncncc12. The van der Waals surface area contributed by atoms with Gasteiger partial charge in [0.25, 0.3) is 0 Å². The fraction of sp³-hybridized carbons (Fsp3) is 0.308. The van der Waals surface area contributed by atoms with Crippen LogP contribution in [0.4, 0.5) is 13.2 Å². The Kier molecular flexibility index (Phi) is 9.80. The van der Waals surface area contributed by atoms with Gasteiger partial charge in [-0.05, 0) is 49.2 Å². The summed E-state index contributed by atoms with van der Waals surface area (Å²) in [6.07, 6.45) is -0.367. The third-order valence-electron chi connectivity index (χ3n) is 5.64. The molecule has 4 rings (SSSR count). The van der Waals surface area contributed by atoms with Gasteiger partial charge in [0.05, 0.1) is 22.7 Å². The van der Waals surface area contributed by atoms with Gasteiger partial charge in [-0.15, -0.1) is 13.2 Å². The molecule has 2 N–H and O–H groups in total. The minimum atomic E-state index is -4.87. The lowest BCUT2D eigenvalue weighted by atomic mass is 10.1. The van der Waals surface area contributed by atoms with Crippen LogP contribution in [0.2, 0.25) is 10.0 Å². The molecule has 0 aliphatic heterocycles. The number of aromatic nitrogens is 3. The average molecular weight is 599 g/mol. The summed E-state index contributed by atoms with van der Waals surface area (Å²) in [4.78, 5) is 24.1. The lowest BCUT2D eigenvalue weighted by Crippen LogP contribution is -2.18. The standard InChI is InChI=1S/C26H23Cl2F3N4O5/c27-19-9-15(10-21(22(19)28)40-26(29,30)31)12-32-5-1-2-6-38-7-8-39-24-23-18(13-33-14-34-23)17-4-3-16(25(36)37)11-20(17)35-24/h3-4,9-11,13-14,32H,1-2,5-8,12H2,(H,36,37). The Morgan fingerprint density at radius 2 is 1.88 bits per heavy atom. The van der Waals surface area contributed by atoms with Gasteiger partial charge in [0, 0.05) is 30.1 Å². The van der Waals surface area contributed by atoms with E-state index in [2.05, 4.69) is 25.0 Å². The highest BCUT2D eigenvalue weighted by molar-refractivity contribution is 6.43. The number of ether oxygens (including phenoxy) is 3. The first-order chi connectivity index (χ1) is 19.1. The lowest BCUT2D eigenvalue weighted by molar-refractivity contribution is -0.274. The summed E-state index contributed by atoms with van der Waals surface area (Å²) >= 11 is 11.7. The van der Waals surface area contributed by atoms with Gasteiger partial charge >= 0.3 is 12.3 Å². The van der Waals surface area contributed by atoms with E-state index >= 15 is 0 Å². The first-order valence-corrected chi connectivity index (χ1v) is 12.8. The summed E-state index contributed by atoms with van der Waals surface area (Å²) in [5.74, 6) is -1.34. The largest absolute Gasteiger partial charge is 0.573 e. The Morgan fingerprint density at radius 1 is 1.05 bits per heavy atom. The molecule has 0 amide bonds. The molecular formula is C26H23Cl2F3N4O5. The zero-order chi connectivity index (χ0) is 28.7. The van der Waals surface area contributed by atoms with E-state index in [1.807, 2.05) is 0 Å². The molecule has 40 heavy (non-hydrogen) atoms. The van der Waals surface area contributed by atoms with Crippen LogP contribution in [-0.4, -0.2) is 58.8 Å². The third-order valence-corrected chi connectivity index (χ3v) is 6.42. The van der Waals surface area contributed by atoms with E-state index in [0.717, 1.165) is 12.8 Å². The molecule has 0 saturated carbocycles. The van der Waals surface area contributed by atoms with Crippen LogP contribution in [0.15, 0.2) is 42.9 Å². The number of aromatic carboxylic acids is 1. The number of carboxylic acid groups (broad SMARTS) is 1. The number of alkyl halides is 3. The summed E-state index contributed by atoms with van der Waals surface area (Å²) in [5, 5.41) is 13.5. The molecule has 9 nitrogen and oxygen atoms in total. The smallest absolute Gasteiger partial charge is 0.478 e. The van der Waals surface area contributed by atoms with Crippen molar-refractivity contribution in [3.05, 3.63) is 64.0 Å². The van der Waals surface area contributed by atoms with Gasteiger partial charge < -0.3 is 24.6 Å². The van der Waals surface area contributed by atoms with Crippen LogP contribution < -0.4 is 14.8 Å². The van der Waals surface area contributed by atoms with E-state index in [-0.39, 0.29) is 34.6 Å². The van der Waals surface area contributed by atoms with Crippen molar-refractivity contribution in [2.45, 2.75) is 25.7 Å². The molecule has 2 aromatic heterocycles. The minimum absolute atomic E-state index is 0.0276. The second-order valence-corrected chi connectivity index (χ2v) is 9.31. The molecule has 0 atom stereocenters. The Balaban J connectivity index is 1.19. The maximum absolute atomic E-state index is 12.5. The van der Waals surface area contributed by atoms with Crippen molar-refractivity contribution < 1.29 is 37.3 Å². The minimum Gasteiger partial charge on any atom is -0.478 e. The van der Waals surface area contributed by atoms with Crippen molar-refractivity contribution in [2.75, 3.05) is 26.4 Å². The number of fused-ring (bicyclic) bond motifs is 3.